The van der Waals surface area contributed by atoms with Crippen molar-refractivity contribution in [2.75, 3.05) is 26.3 Å². The van der Waals surface area contributed by atoms with Gasteiger partial charge in [-0.2, -0.15) is 0 Å². The molecule has 1 fully saturated rings. The van der Waals surface area contributed by atoms with Gasteiger partial charge >= 0.3 is 0 Å². The Labute approximate surface area is 125 Å². The van der Waals surface area contributed by atoms with E-state index < -0.39 is 0 Å². The van der Waals surface area contributed by atoms with Crippen LogP contribution in [0.1, 0.15) is 5.56 Å². The highest BCUT2D eigenvalue weighted by molar-refractivity contribution is 5.33. The monoisotopic (exact) mass is 284 g/mol. The summed E-state index contributed by atoms with van der Waals surface area (Å²) in [4.78, 5) is 0. The van der Waals surface area contributed by atoms with Crippen LogP contribution in [0.15, 0.2) is 54.6 Å². The van der Waals surface area contributed by atoms with E-state index in [1.54, 1.807) is 0 Å². The van der Waals surface area contributed by atoms with Gasteiger partial charge in [0, 0.05) is 19.6 Å². The van der Waals surface area contributed by atoms with Gasteiger partial charge in [0.15, 0.2) is 0 Å². The van der Waals surface area contributed by atoms with Crippen LogP contribution in [0.25, 0.3) is 0 Å². The topological polar surface area (TPSA) is 33.7 Å². The predicted molar refractivity (Wildman–Crippen MR) is 82.2 cm³/mol. The third kappa shape index (κ3) is 4.29. The summed E-state index contributed by atoms with van der Waals surface area (Å²) in [7, 11) is 0. The number of hydrogen-bond acceptors (Lipinski definition) is 4. The van der Waals surface area contributed by atoms with Crippen molar-refractivity contribution >= 4 is 0 Å². The largest absolute Gasteiger partial charge is 0.457 e. The van der Waals surface area contributed by atoms with Crippen LogP contribution in [0.5, 0.6) is 11.5 Å². The van der Waals surface area contributed by atoms with Gasteiger partial charge in [0.25, 0.3) is 0 Å². The molecule has 3 rings (SSSR count). The van der Waals surface area contributed by atoms with Crippen LogP contribution in [-0.2, 0) is 11.3 Å². The average molecular weight is 284 g/mol. The molecular weight excluding hydrogens is 264 g/mol. The number of ether oxygens (including phenoxy) is 2. The third-order valence-electron chi connectivity index (χ3n) is 3.40. The molecule has 4 nitrogen and oxygen atoms in total. The first-order valence-electron chi connectivity index (χ1n) is 7.28. The first kappa shape index (κ1) is 14.1. The molecule has 0 saturated carbocycles. The zero-order valence-corrected chi connectivity index (χ0v) is 12.0. The average Bonchev–Trinajstić information content (AvgIpc) is 2.55. The molecule has 2 aromatic rings. The smallest absolute Gasteiger partial charge is 0.127 e. The van der Waals surface area contributed by atoms with Gasteiger partial charge in [0.2, 0.25) is 0 Å². The van der Waals surface area contributed by atoms with Crippen molar-refractivity contribution < 1.29 is 9.47 Å². The number of rotatable bonds is 5. The minimum absolute atomic E-state index is 0.796. The number of para-hydroxylation sites is 1. The summed E-state index contributed by atoms with van der Waals surface area (Å²) in [6, 6.07) is 18.0. The molecule has 0 aromatic heterocycles. The third-order valence-corrected chi connectivity index (χ3v) is 3.40. The minimum Gasteiger partial charge on any atom is -0.457 e. The van der Waals surface area contributed by atoms with Gasteiger partial charge in [0.1, 0.15) is 11.5 Å². The lowest BCUT2D eigenvalue weighted by Crippen LogP contribution is -2.45. The highest BCUT2D eigenvalue weighted by Gasteiger charge is 2.09. The highest BCUT2D eigenvalue weighted by atomic mass is 16.5. The molecule has 1 heterocycles. The normalized spacial score (nSPS) is 15.8. The van der Waals surface area contributed by atoms with Crippen LogP contribution < -0.4 is 10.2 Å². The van der Waals surface area contributed by atoms with Crippen LogP contribution in [0, 0.1) is 0 Å². The lowest BCUT2D eigenvalue weighted by Gasteiger charge is -2.27. The fourth-order valence-corrected chi connectivity index (χ4v) is 2.27. The maximum atomic E-state index is 5.85. The molecule has 2 aromatic carbocycles. The van der Waals surface area contributed by atoms with E-state index in [1.807, 2.05) is 42.5 Å². The van der Waals surface area contributed by atoms with E-state index in [-0.39, 0.29) is 0 Å². The Kier molecular flexibility index (Phi) is 4.84. The van der Waals surface area contributed by atoms with Crippen molar-refractivity contribution in [3.63, 3.8) is 0 Å². The summed E-state index contributed by atoms with van der Waals surface area (Å²) >= 11 is 0. The SMILES string of the molecule is c1ccc(Oc2cccc(CNN3CCOCC3)c2)cc1. The van der Waals surface area contributed by atoms with Gasteiger partial charge in [0.05, 0.1) is 13.2 Å². The second-order valence-electron chi connectivity index (χ2n) is 5.00. The molecule has 110 valence electrons. The summed E-state index contributed by atoms with van der Waals surface area (Å²) < 4.78 is 11.2. The van der Waals surface area contributed by atoms with Crippen molar-refractivity contribution in [1.82, 2.24) is 10.4 Å². The van der Waals surface area contributed by atoms with Crippen LogP contribution >= 0.6 is 0 Å². The minimum atomic E-state index is 0.796. The van der Waals surface area contributed by atoms with Gasteiger partial charge < -0.3 is 9.47 Å². The second kappa shape index (κ2) is 7.22. The molecule has 1 aliphatic rings. The fourth-order valence-electron chi connectivity index (χ4n) is 2.27. The van der Waals surface area contributed by atoms with Crippen LogP contribution in [0.4, 0.5) is 0 Å². The standard InChI is InChI=1S/C17H20N2O2/c1-2-6-16(7-3-1)21-17-8-4-5-15(13-17)14-18-19-9-11-20-12-10-19/h1-8,13,18H,9-12,14H2. The molecule has 4 heteroatoms. The van der Waals surface area contributed by atoms with E-state index in [0.29, 0.717) is 0 Å². The Bertz CT molecular complexity index is 554. The van der Waals surface area contributed by atoms with Crippen LogP contribution in [0.3, 0.4) is 0 Å². The molecular formula is C17H20N2O2. The van der Waals surface area contributed by atoms with Gasteiger partial charge in [-0.15, -0.1) is 0 Å². The number of hydrogen-bond donors (Lipinski definition) is 1. The van der Waals surface area contributed by atoms with E-state index in [4.69, 9.17) is 9.47 Å². The quantitative estimate of drug-likeness (QED) is 0.915. The summed E-state index contributed by atoms with van der Waals surface area (Å²) in [6.07, 6.45) is 0. The molecule has 1 saturated heterocycles. The summed E-state index contributed by atoms with van der Waals surface area (Å²) in [5.41, 5.74) is 4.63. The zero-order valence-electron chi connectivity index (χ0n) is 12.0. The van der Waals surface area contributed by atoms with E-state index in [0.717, 1.165) is 44.3 Å². The molecule has 0 radical (unpaired) electrons. The number of benzene rings is 2. The van der Waals surface area contributed by atoms with Crippen molar-refractivity contribution in [1.29, 1.82) is 0 Å². The van der Waals surface area contributed by atoms with Crippen molar-refractivity contribution in [3.05, 3.63) is 60.2 Å². The molecule has 0 aliphatic carbocycles. The van der Waals surface area contributed by atoms with Crippen molar-refractivity contribution in [3.8, 4) is 11.5 Å². The van der Waals surface area contributed by atoms with E-state index in [1.165, 1.54) is 5.56 Å². The summed E-state index contributed by atoms with van der Waals surface area (Å²) in [5.74, 6) is 1.72. The molecule has 21 heavy (non-hydrogen) atoms. The Morgan fingerprint density at radius 1 is 0.952 bits per heavy atom. The summed E-state index contributed by atoms with van der Waals surface area (Å²) in [6.45, 7) is 4.25. The predicted octanol–water partition coefficient (Wildman–Crippen LogP) is 2.82. The number of morpholine rings is 1. The van der Waals surface area contributed by atoms with E-state index in [9.17, 15) is 0 Å². The number of nitrogens with zero attached hydrogens (tertiary/aromatic N) is 1. The lowest BCUT2D eigenvalue weighted by atomic mass is 10.2. The molecule has 0 unspecified atom stereocenters. The Balaban J connectivity index is 1.57. The van der Waals surface area contributed by atoms with E-state index in [2.05, 4.69) is 22.6 Å². The first-order valence-corrected chi connectivity index (χ1v) is 7.28. The molecule has 0 atom stereocenters. The Hall–Kier alpha value is -1.88. The number of nitrogens with one attached hydrogen (secondary N) is 1. The Morgan fingerprint density at radius 3 is 2.52 bits per heavy atom. The Morgan fingerprint density at radius 2 is 1.71 bits per heavy atom. The number of hydrazine groups is 1. The zero-order chi connectivity index (χ0) is 14.3. The molecule has 0 amide bonds. The van der Waals surface area contributed by atoms with Gasteiger partial charge in [-0.1, -0.05) is 30.3 Å². The van der Waals surface area contributed by atoms with Crippen LogP contribution in [0.2, 0.25) is 0 Å². The van der Waals surface area contributed by atoms with Gasteiger partial charge in [-0.25, -0.2) is 5.01 Å². The van der Waals surface area contributed by atoms with Crippen molar-refractivity contribution in [2.24, 2.45) is 0 Å². The first-order chi connectivity index (χ1) is 10.4. The van der Waals surface area contributed by atoms with Gasteiger partial charge in [-0.05, 0) is 29.8 Å². The maximum Gasteiger partial charge on any atom is 0.127 e. The second-order valence-corrected chi connectivity index (χ2v) is 5.00. The molecule has 0 bridgehead atoms. The molecule has 1 N–H and O–H groups in total. The fraction of sp³-hybridized carbons (Fsp3) is 0.294. The van der Waals surface area contributed by atoms with Gasteiger partial charge in [-0.3, -0.25) is 5.43 Å². The highest BCUT2D eigenvalue weighted by Crippen LogP contribution is 2.21. The summed E-state index contributed by atoms with van der Waals surface area (Å²) in [5, 5.41) is 2.20. The molecule has 1 aliphatic heterocycles. The van der Waals surface area contributed by atoms with E-state index >= 15 is 0 Å². The van der Waals surface area contributed by atoms with Crippen LogP contribution in [-0.4, -0.2) is 31.3 Å². The maximum absolute atomic E-state index is 5.85. The molecule has 0 spiro atoms. The lowest BCUT2D eigenvalue weighted by molar-refractivity contribution is 0.0105. The van der Waals surface area contributed by atoms with Crippen molar-refractivity contribution in [2.45, 2.75) is 6.54 Å².